The largest absolute Gasteiger partial charge is 0.496 e. The van der Waals surface area contributed by atoms with Gasteiger partial charge in [0.15, 0.2) is 0 Å². The molecule has 0 aliphatic rings. The van der Waals surface area contributed by atoms with Gasteiger partial charge >= 0.3 is 0 Å². The Hall–Kier alpha value is -1.56. The van der Waals surface area contributed by atoms with Gasteiger partial charge in [0.2, 0.25) is 5.96 Å². The van der Waals surface area contributed by atoms with Crippen molar-refractivity contribution in [2.45, 2.75) is 0 Å². The van der Waals surface area contributed by atoms with Crippen LogP contribution in [0.1, 0.15) is 5.56 Å². The van der Waals surface area contributed by atoms with Crippen LogP contribution < -0.4 is 16.2 Å². The molecule has 1 rings (SSSR count). The van der Waals surface area contributed by atoms with E-state index < -0.39 is 0 Å². The Morgan fingerprint density at radius 3 is 2.80 bits per heavy atom. The molecular formula is C9H11BrN4O. The molecule has 1 aromatic rings. The second kappa shape index (κ2) is 5.35. The fraction of sp³-hybridized carbons (Fsp3) is 0.111. The summed E-state index contributed by atoms with van der Waals surface area (Å²) in [6.45, 7) is 0. The summed E-state index contributed by atoms with van der Waals surface area (Å²) in [7, 11) is 1.58. The van der Waals surface area contributed by atoms with Crippen LogP contribution in [-0.4, -0.2) is 19.3 Å². The van der Waals surface area contributed by atoms with Gasteiger partial charge in [0.25, 0.3) is 0 Å². The SMILES string of the molecule is COc1ccc(Br)cc1C=NN=C(N)N. The van der Waals surface area contributed by atoms with Crippen molar-refractivity contribution in [1.29, 1.82) is 0 Å². The standard InChI is InChI=1S/C9H11BrN4O/c1-15-8-3-2-7(10)4-6(8)5-13-14-9(11)12/h2-5H,1H3,(H4,11,12,14). The number of nitrogens with zero attached hydrogens (tertiary/aromatic N) is 2. The second-order valence-corrected chi connectivity index (χ2v) is 3.57. The minimum Gasteiger partial charge on any atom is -0.496 e. The van der Waals surface area contributed by atoms with Crippen molar-refractivity contribution in [2.24, 2.45) is 21.7 Å². The average Bonchev–Trinajstić information content (AvgIpc) is 2.17. The minimum atomic E-state index is -0.0831. The molecule has 0 atom stereocenters. The van der Waals surface area contributed by atoms with Crippen molar-refractivity contribution in [1.82, 2.24) is 0 Å². The molecule has 0 aliphatic heterocycles. The van der Waals surface area contributed by atoms with Crippen LogP contribution in [0.5, 0.6) is 5.75 Å². The Morgan fingerprint density at radius 1 is 1.47 bits per heavy atom. The van der Waals surface area contributed by atoms with Crippen molar-refractivity contribution in [2.75, 3.05) is 7.11 Å². The van der Waals surface area contributed by atoms with E-state index in [1.54, 1.807) is 7.11 Å². The second-order valence-electron chi connectivity index (χ2n) is 2.66. The Bertz CT molecular complexity index is 399. The quantitative estimate of drug-likeness (QED) is 0.489. The number of hydrogen-bond acceptors (Lipinski definition) is 3. The first-order chi connectivity index (χ1) is 7.13. The van der Waals surface area contributed by atoms with Crippen molar-refractivity contribution < 1.29 is 4.74 Å². The van der Waals surface area contributed by atoms with Crippen LogP contribution in [-0.2, 0) is 0 Å². The zero-order chi connectivity index (χ0) is 11.3. The molecule has 4 N–H and O–H groups in total. The molecule has 0 aromatic heterocycles. The number of methoxy groups -OCH3 is 1. The minimum absolute atomic E-state index is 0.0831. The van der Waals surface area contributed by atoms with E-state index in [2.05, 4.69) is 26.1 Å². The zero-order valence-electron chi connectivity index (χ0n) is 8.14. The number of benzene rings is 1. The van der Waals surface area contributed by atoms with E-state index in [4.69, 9.17) is 16.2 Å². The molecule has 0 aliphatic carbocycles. The highest BCUT2D eigenvalue weighted by atomic mass is 79.9. The van der Waals surface area contributed by atoms with Gasteiger partial charge in [-0.3, -0.25) is 0 Å². The van der Waals surface area contributed by atoms with E-state index in [0.29, 0.717) is 5.75 Å². The van der Waals surface area contributed by atoms with Crippen LogP contribution in [0, 0.1) is 0 Å². The van der Waals surface area contributed by atoms with Crippen LogP contribution >= 0.6 is 15.9 Å². The lowest BCUT2D eigenvalue weighted by Gasteiger charge is -2.03. The fourth-order valence-electron chi connectivity index (χ4n) is 0.964. The van der Waals surface area contributed by atoms with Crippen molar-refractivity contribution in [3.63, 3.8) is 0 Å². The maximum absolute atomic E-state index is 5.13. The van der Waals surface area contributed by atoms with Gasteiger partial charge in [0.1, 0.15) is 5.75 Å². The molecule has 0 amide bonds. The molecule has 0 radical (unpaired) electrons. The summed E-state index contributed by atoms with van der Waals surface area (Å²) in [5.41, 5.74) is 11.0. The zero-order valence-corrected chi connectivity index (χ0v) is 9.73. The van der Waals surface area contributed by atoms with Gasteiger partial charge in [0.05, 0.1) is 13.3 Å². The van der Waals surface area contributed by atoms with E-state index in [0.717, 1.165) is 10.0 Å². The molecule has 0 saturated carbocycles. The Kier molecular flexibility index (Phi) is 4.11. The molecule has 15 heavy (non-hydrogen) atoms. The fourth-order valence-corrected chi connectivity index (χ4v) is 1.34. The van der Waals surface area contributed by atoms with Gasteiger partial charge in [-0.1, -0.05) is 15.9 Å². The van der Waals surface area contributed by atoms with Gasteiger partial charge in [-0.25, -0.2) is 0 Å². The van der Waals surface area contributed by atoms with Crippen molar-refractivity contribution in [3.05, 3.63) is 28.2 Å². The third-order valence-electron chi connectivity index (χ3n) is 1.56. The molecule has 0 heterocycles. The third kappa shape index (κ3) is 3.59. The van der Waals surface area contributed by atoms with E-state index >= 15 is 0 Å². The van der Waals surface area contributed by atoms with Gasteiger partial charge in [-0.05, 0) is 18.2 Å². The average molecular weight is 271 g/mol. The summed E-state index contributed by atoms with van der Waals surface area (Å²) in [6, 6.07) is 5.54. The lowest BCUT2D eigenvalue weighted by atomic mass is 10.2. The predicted molar refractivity (Wildman–Crippen MR) is 64.1 cm³/mol. The van der Waals surface area contributed by atoms with Crippen LogP contribution in [0.25, 0.3) is 0 Å². The van der Waals surface area contributed by atoms with Crippen LogP contribution in [0.4, 0.5) is 0 Å². The lowest BCUT2D eigenvalue weighted by Crippen LogP contribution is -2.21. The maximum Gasteiger partial charge on any atom is 0.211 e. The number of guanidine groups is 1. The number of nitrogens with two attached hydrogens (primary N) is 2. The highest BCUT2D eigenvalue weighted by Gasteiger charge is 2.00. The van der Waals surface area contributed by atoms with Gasteiger partial charge in [-0.2, -0.15) is 5.10 Å². The van der Waals surface area contributed by atoms with Crippen molar-refractivity contribution >= 4 is 28.1 Å². The molecule has 0 unspecified atom stereocenters. The van der Waals surface area contributed by atoms with E-state index in [-0.39, 0.29) is 5.96 Å². The molecule has 0 fully saturated rings. The number of ether oxygens (including phenoxy) is 1. The van der Waals surface area contributed by atoms with Crippen LogP contribution in [0.2, 0.25) is 0 Å². The smallest absolute Gasteiger partial charge is 0.211 e. The topological polar surface area (TPSA) is 86.0 Å². The van der Waals surface area contributed by atoms with E-state index in [1.807, 2.05) is 18.2 Å². The van der Waals surface area contributed by atoms with Gasteiger partial charge in [-0.15, -0.1) is 5.10 Å². The van der Waals surface area contributed by atoms with E-state index in [9.17, 15) is 0 Å². The Labute approximate surface area is 95.9 Å². The summed E-state index contributed by atoms with van der Waals surface area (Å²) >= 11 is 3.34. The summed E-state index contributed by atoms with van der Waals surface area (Å²) in [4.78, 5) is 0. The molecule has 1 aromatic carbocycles. The lowest BCUT2D eigenvalue weighted by molar-refractivity contribution is 0.414. The number of hydrogen-bond donors (Lipinski definition) is 2. The van der Waals surface area contributed by atoms with Crippen LogP contribution in [0.3, 0.4) is 0 Å². The summed E-state index contributed by atoms with van der Waals surface area (Å²) in [5, 5.41) is 7.20. The molecular weight excluding hydrogens is 260 g/mol. The Morgan fingerprint density at radius 2 is 2.20 bits per heavy atom. The molecule has 5 nitrogen and oxygen atoms in total. The Balaban J connectivity index is 2.97. The van der Waals surface area contributed by atoms with Crippen LogP contribution in [0.15, 0.2) is 32.9 Å². The van der Waals surface area contributed by atoms with Crippen molar-refractivity contribution in [3.8, 4) is 5.75 Å². The number of rotatable bonds is 3. The van der Waals surface area contributed by atoms with Gasteiger partial charge < -0.3 is 16.2 Å². The summed E-state index contributed by atoms with van der Waals surface area (Å²) in [6.07, 6.45) is 1.52. The first-order valence-corrected chi connectivity index (χ1v) is 4.88. The molecule has 0 spiro atoms. The molecule has 80 valence electrons. The summed E-state index contributed by atoms with van der Waals surface area (Å²) < 4.78 is 6.06. The summed E-state index contributed by atoms with van der Waals surface area (Å²) in [5.74, 6) is 0.618. The predicted octanol–water partition coefficient (Wildman–Crippen LogP) is 1.06. The maximum atomic E-state index is 5.13. The normalized spacial score (nSPS) is 10.3. The molecule has 0 bridgehead atoms. The highest BCUT2D eigenvalue weighted by Crippen LogP contribution is 2.21. The first kappa shape index (κ1) is 11.5. The third-order valence-corrected chi connectivity index (χ3v) is 2.06. The van der Waals surface area contributed by atoms with Gasteiger partial charge in [0, 0.05) is 10.0 Å². The number of halogens is 1. The first-order valence-electron chi connectivity index (χ1n) is 4.09. The monoisotopic (exact) mass is 270 g/mol. The van der Waals surface area contributed by atoms with E-state index in [1.165, 1.54) is 6.21 Å². The molecule has 0 saturated heterocycles. The highest BCUT2D eigenvalue weighted by molar-refractivity contribution is 9.10. The molecule has 6 heteroatoms.